The van der Waals surface area contributed by atoms with Crippen LogP contribution in [-0.2, 0) is 4.79 Å². The van der Waals surface area contributed by atoms with Crippen LogP contribution in [-0.4, -0.2) is 48.2 Å². The Kier molecular flexibility index (Phi) is 5.77. The minimum Gasteiger partial charge on any atom is -0.481 e. The van der Waals surface area contributed by atoms with Gasteiger partial charge in [-0.25, -0.2) is 0 Å². The molecule has 4 heteroatoms. The van der Waals surface area contributed by atoms with Crippen LogP contribution in [0.2, 0.25) is 0 Å². The third-order valence-electron chi connectivity index (χ3n) is 3.29. The van der Waals surface area contributed by atoms with E-state index in [0.29, 0.717) is 12.6 Å². The fourth-order valence-corrected chi connectivity index (χ4v) is 2.20. The minimum absolute atomic E-state index is 0.253. The van der Waals surface area contributed by atoms with Crippen LogP contribution in [0.15, 0.2) is 0 Å². The van der Waals surface area contributed by atoms with Crippen molar-refractivity contribution in [2.24, 2.45) is 5.92 Å². The maximum Gasteiger partial charge on any atom is 0.304 e. The van der Waals surface area contributed by atoms with Crippen molar-refractivity contribution in [1.82, 2.24) is 10.2 Å². The number of hydrogen-bond acceptors (Lipinski definition) is 3. The molecule has 0 spiro atoms. The Morgan fingerprint density at radius 1 is 1.44 bits per heavy atom. The second kappa shape index (κ2) is 6.86. The number of carboxylic acids is 1. The molecule has 1 saturated heterocycles. The number of carbonyl (C=O) groups is 1. The van der Waals surface area contributed by atoms with Crippen LogP contribution in [0.3, 0.4) is 0 Å². The van der Waals surface area contributed by atoms with Crippen LogP contribution >= 0.6 is 0 Å². The van der Waals surface area contributed by atoms with Crippen LogP contribution in [0, 0.1) is 5.92 Å². The van der Waals surface area contributed by atoms with Crippen LogP contribution in [0.1, 0.15) is 33.1 Å². The van der Waals surface area contributed by atoms with E-state index in [9.17, 15) is 4.79 Å². The van der Waals surface area contributed by atoms with Crippen molar-refractivity contribution in [2.75, 3.05) is 26.2 Å². The predicted octanol–water partition coefficient (Wildman–Crippen LogP) is 1.17. The topological polar surface area (TPSA) is 52.6 Å². The van der Waals surface area contributed by atoms with Crippen molar-refractivity contribution >= 4 is 5.97 Å². The summed E-state index contributed by atoms with van der Waals surface area (Å²) in [7, 11) is 0. The van der Waals surface area contributed by atoms with Crippen molar-refractivity contribution in [3.05, 3.63) is 0 Å². The lowest BCUT2D eigenvalue weighted by Gasteiger charge is -2.32. The zero-order valence-electron chi connectivity index (χ0n) is 10.4. The van der Waals surface area contributed by atoms with Gasteiger partial charge in [-0.1, -0.05) is 0 Å². The average Bonchev–Trinajstić information content (AvgIpc) is 2.25. The van der Waals surface area contributed by atoms with Gasteiger partial charge in [0.1, 0.15) is 0 Å². The minimum atomic E-state index is -0.698. The van der Waals surface area contributed by atoms with Gasteiger partial charge in [0.05, 0.1) is 6.42 Å². The molecule has 0 aromatic carbocycles. The second-order valence-corrected chi connectivity index (χ2v) is 4.93. The number of aliphatic carboxylic acids is 1. The van der Waals surface area contributed by atoms with Crippen LogP contribution in [0.5, 0.6) is 0 Å². The van der Waals surface area contributed by atoms with E-state index in [2.05, 4.69) is 24.1 Å². The molecular weight excluding hydrogens is 204 g/mol. The van der Waals surface area contributed by atoms with Crippen molar-refractivity contribution in [1.29, 1.82) is 0 Å². The van der Waals surface area contributed by atoms with E-state index in [1.54, 1.807) is 0 Å². The Bertz CT molecular complexity index is 213. The van der Waals surface area contributed by atoms with Gasteiger partial charge in [-0.05, 0) is 45.7 Å². The third-order valence-corrected chi connectivity index (χ3v) is 3.29. The van der Waals surface area contributed by atoms with Gasteiger partial charge >= 0.3 is 5.97 Å². The highest BCUT2D eigenvalue weighted by molar-refractivity contribution is 5.66. The van der Waals surface area contributed by atoms with E-state index >= 15 is 0 Å². The molecule has 0 unspecified atom stereocenters. The van der Waals surface area contributed by atoms with E-state index in [1.807, 2.05) is 0 Å². The Morgan fingerprint density at radius 3 is 2.56 bits per heavy atom. The van der Waals surface area contributed by atoms with E-state index < -0.39 is 5.97 Å². The molecule has 0 amide bonds. The molecule has 0 radical (unpaired) electrons. The maximum absolute atomic E-state index is 10.6. The number of rotatable bonds is 6. The zero-order valence-corrected chi connectivity index (χ0v) is 10.4. The molecule has 0 saturated carbocycles. The van der Waals surface area contributed by atoms with E-state index in [0.717, 1.165) is 25.6 Å². The fourth-order valence-electron chi connectivity index (χ4n) is 2.20. The van der Waals surface area contributed by atoms with Crippen LogP contribution in [0.25, 0.3) is 0 Å². The Hall–Kier alpha value is -0.610. The lowest BCUT2D eigenvalue weighted by molar-refractivity contribution is -0.137. The SMILES string of the molecule is CC(C)N(CCC(=O)O)CC1CCNCC1. The summed E-state index contributed by atoms with van der Waals surface area (Å²) >= 11 is 0. The third kappa shape index (κ3) is 4.94. The molecule has 1 aliphatic rings. The van der Waals surface area contributed by atoms with Gasteiger partial charge in [0.25, 0.3) is 0 Å². The molecule has 2 N–H and O–H groups in total. The first-order chi connectivity index (χ1) is 7.59. The highest BCUT2D eigenvalue weighted by atomic mass is 16.4. The molecule has 0 bridgehead atoms. The molecule has 16 heavy (non-hydrogen) atoms. The summed E-state index contributed by atoms with van der Waals surface area (Å²) in [4.78, 5) is 12.9. The van der Waals surface area contributed by atoms with Crippen LogP contribution < -0.4 is 5.32 Å². The van der Waals surface area contributed by atoms with Gasteiger partial charge in [-0.15, -0.1) is 0 Å². The monoisotopic (exact) mass is 228 g/mol. The van der Waals surface area contributed by atoms with Gasteiger partial charge in [-0.3, -0.25) is 4.79 Å². The largest absolute Gasteiger partial charge is 0.481 e. The highest BCUT2D eigenvalue weighted by Crippen LogP contribution is 2.15. The van der Waals surface area contributed by atoms with Crippen molar-refractivity contribution < 1.29 is 9.90 Å². The number of nitrogens with one attached hydrogen (secondary N) is 1. The van der Waals surface area contributed by atoms with Crippen molar-refractivity contribution in [3.8, 4) is 0 Å². The van der Waals surface area contributed by atoms with E-state index in [4.69, 9.17) is 5.11 Å². The summed E-state index contributed by atoms with van der Waals surface area (Å²) in [6.45, 7) is 8.22. The summed E-state index contributed by atoms with van der Waals surface area (Å²) in [6.07, 6.45) is 2.69. The highest BCUT2D eigenvalue weighted by Gasteiger charge is 2.19. The fraction of sp³-hybridized carbons (Fsp3) is 0.917. The van der Waals surface area contributed by atoms with Gasteiger partial charge < -0.3 is 15.3 Å². The number of nitrogens with zero attached hydrogens (tertiary/aromatic N) is 1. The zero-order chi connectivity index (χ0) is 12.0. The van der Waals surface area contributed by atoms with Gasteiger partial charge in [-0.2, -0.15) is 0 Å². The van der Waals surface area contributed by atoms with Crippen molar-refractivity contribution in [3.63, 3.8) is 0 Å². The molecule has 0 aromatic rings. The summed E-state index contributed by atoms with van der Waals surface area (Å²) < 4.78 is 0. The number of hydrogen-bond donors (Lipinski definition) is 2. The molecule has 94 valence electrons. The Morgan fingerprint density at radius 2 is 2.06 bits per heavy atom. The summed E-state index contributed by atoms with van der Waals surface area (Å²) in [6, 6.07) is 0.439. The Balaban J connectivity index is 2.34. The quantitative estimate of drug-likeness (QED) is 0.716. The average molecular weight is 228 g/mol. The summed E-state index contributed by atoms with van der Waals surface area (Å²) in [5.74, 6) is 0.0356. The van der Waals surface area contributed by atoms with E-state index in [1.165, 1.54) is 12.8 Å². The normalized spacial score (nSPS) is 18.2. The molecule has 1 fully saturated rings. The smallest absolute Gasteiger partial charge is 0.304 e. The van der Waals surface area contributed by atoms with Gasteiger partial charge in [0.15, 0.2) is 0 Å². The number of piperidine rings is 1. The van der Waals surface area contributed by atoms with Gasteiger partial charge in [0.2, 0.25) is 0 Å². The van der Waals surface area contributed by atoms with E-state index in [-0.39, 0.29) is 6.42 Å². The van der Waals surface area contributed by atoms with Crippen LogP contribution in [0.4, 0.5) is 0 Å². The molecular formula is C12H24N2O2. The van der Waals surface area contributed by atoms with Crippen molar-refractivity contribution in [2.45, 2.75) is 39.2 Å². The first-order valence-corrected chi connectivity index (χ1v) is 6.26. The standard InChI is InChI=1S/C12H24N2O2/c1-10(2)14(8-5-12(15)16)9-11-3-6-13-7-4-11/h10-11,13H,3-9H2,1-2H3,(H,15,16). The van der Waals surface area contributed by atoms with Gasteiger partial charge in [0, 0.05) is 19.1 Å². The first-order valence-electron chi connectivity index (χ1n) is 6.26. The maximum atomic E-state index is 10.6. The molecule has 0 aliphatic carbocycles. The molecule has 1 heterocycles. The Labute approximate surface area is 98.0 Å². The number of carboxylic acid groups (broad SMARTS) is 1. The summed E-state index contributed by atoms with van der Waals surface area (Å²) in [5, 5.41) is 12.1. The molecule has 4 nitrogen and oxygen atoms in total. The molecule has 0 atom stereocenters. The molecule has 0 aromatic heterocycles. The molecule has 1 rings (SSSR count). The lowest BCUT2D eigenvalue weighted by atomic mass is 9.97. The predicted molar refractivity (Wildman–Crippen MR) is 64.6 cm³/mol. The first kappa shape index (κ1) is 13.5. The lowest BCUT2D eigenvalue weighted by Crippen LogP contribution is -2.40. The summed E-state index contributed by atoms with van der Waals surface area (Å²) in [5.41, 5.74) is 0. The second-order valence-electron chi connectivity index (χ2n) is 4.93. The molecule has 1 aliphatic heterocycles.